The summed E-state index contributed by atoms with van der Waals surface area (Å²) in [5.74, 6) is 0.968. The first-order valence-corrected chi connectivity index (χ1v) is 6.07. The standard InChI is InChI=1S/C12H22O2/c1-9-7-11(8-14-9)12(13)10-5-3-2-4-6-10/h9-13H,2-8H2,1H3. The molecule has 2 aliphatic rings. The van der Waals surface area contributed by atoms with Crippen LogP contribution in [0.15, 0.2) is 0 Å². The Morgan fingerprint density at radius 3 is 2.43 bits per heavy atom. The lowest BCUT2D eigenvalue weighted by Gasteiger charge is -2.29. The molecule has 2 nitrogen and oxygen atoms in total. The topological polar surface area (TPSA) is 29.5 Å². The van der Waals surface area contributed by atoms with Crippen molar-refractivity contribution in [3.8, 4) is 0 Å². The summed E-state index contributed by atoms with van der Waals surface area (Å²) >= 11 is 0. The van der Waals surface area contributed by atoms with E-state index in [1.807, 2.05) is 0 Å². The highest BCUT2D eigenvalue weighted by Gasteiger charge is 2.33. The summed E-state index contributed by atoms with van der Waals surface area (Å²) < 4.78 is 5.52. The molecule has 0 aromatic carbocycles. The van der Waals surface area contributed by atoms with Crippen molar-refractivity contribution in [2.75, 3.05) is 6.61 Å². The Bertz CT molecular complexity index is 170. The second-order valence-corrected chi connectivity index (χ2v) is 5.03. The molecule has 2 rings (SSSR count). The molecule has 1 saturated heterocycles. The van der Waals surface area contributed by atoms with Gasteiger partial charge in [0, 0.05) is 5.92 Å². The van der Waals surface area contributed by atoms with E-state index in [-0.39, 0.29) is 6.10 Å². The molecule has 14 heavy (non-hydrogen) atoms. The van der Waals surface area contributed by atoms with Gasteiger partial charge < -0.3 is 9.84 Å². The van der Waals surface area contributed by atoms with Gasteiger partial charge in [0.15, 0.2) is 0 Å². The van der Waals surface area contributed by atoms with Gasteiger partial charge in [-0.3, -0.25) is 0 Å². The van der Waals surface area contributed by atoms with Crippen molar-refractivity contribution in [1.82, 2.24) is 0 Å². The molecular weight excluding hydrogens is 176 g/mol. The Morgan fingerprint density at radius 2 is 1.86 bits per heavy atom. The van der Waals surface area contributed by atoms with Crippen LogP contribution in [0.25, 0.3) is 0 Å². The van der Waals surface area contributed by atoms with Crippen molar-refractivity contribution in [1.29, 1.82) is 0 Å². The molecule has 1 heterocycles. The van der Waals surface area contributed by atoms with Crippen molar-refractivity contribution < 1.29 is 9.84 Å². The summed E-state index contributed by atoms with van der Waals surface area (Å²) in [6.07, 6.45) is 7.75. The zero-order valence-corrected chi connectivity index (χ0v) is 9.11. The monoisotopic (exact) mass is 198 g/mol. The smallest absolute Gasteiger partial charge is 0.0619 e. The van der Waals surface area contributed by atoms with Crippen LogP contribution in [-0.2, 0) is 4.74 Å². The Balaban J connectivity index is 1.84. The van der Waals surface area contributed by atoms with Gasteiger partial charge in [0.05, 0.1) is 18.8 Å². The highest BCUT2D eigenvalue weighted by molar-refractivity contribution is 4.83. The van der Waals surface area contributed by atoms with Crippen LogP contribution in [0, 0.1) is 11.8 Å². The van der Waals surface area contributed by atoms with Crippen LogP contribution in [0.2, 0.25) is 0 Å². The zero-order valence-electron chi connectivity index (χ0n) is 9.11. The third kappa shape index (κ3) is 2.29. The first-order chi connectivity index (χ1) is 6.77. The van der Waals surface area contributed by atoms with Gasteiger partial charge in [-0.1, -0.05) is 19.3 Å². The van der Waals surface area contributed by atoms with E-state index in [1.165, 1.54) is 32.1 Å². The van der Waals surface area contributed by atoms with Crippen LogP contribution in [0.3, 0.4) is 0 Å². The Kier molecular flexibility index (Phi) is 3.45. The van der Waals surface area contributed by atoms with Gasteiger partial charge in [0.2, 0.25) is 0 Å². The van der Waals surface area contributed by atoms with Crippen molar-refractivity contribution >= 4 is 0 Å². The summed E-state index contributed by atoms with van der Waals surface area (Å²) in [7, 11) is 0. The third-order valence-electron chi connectivity index (χ3n) is 3.85. The van der Waals surface area contributed by atoms with E-state index in [0.29, 0.717) is 17.9 Å². The van der Waals surface area contributed by atoms with Crippen LogP contribution in [0.1, 0.15) is 45.4 Å². The molecule has 0 spiro atoms. The maximum atomic E-state index is 10.2. The number of hydrogen-bond acceptors (Lipinski definition) is 2. The molecule has 0 amide bonds. The second kappa shape index (κ2) is 4.63. The van der Waals surface area contributed by atoms with Crippen molar-refractivity contribution in [2.24, 2.45) is 11.8 Å². The van der Waals surface area contributed by atoms with E-state index < -0.39 is 0 Å². The van der Waals surface area contributed by atoms with Gasteiger partial charge in [-0.05, 0) is 32.1 Å². The predicted octanol–water partition coefficient (Wildman–Crippen LogP) is 2.35. The predicted molar refractivity (Wildman–Crippen MR) is 56.1 cm³/mol. The molecule has 3 atom stereocenters. The Hall–Kier alpha value is -0.0800. The van der Waals surface area contributed by atoms with E-state index in [0.717, 1.165) is 13.0 Å². The lowest BCUT2D eigenvalue weighted by Crippen LogP contribution is -2.31. The van der Waals surface area contributed by atoms with Gasteiger partial charge in [0.25, 0.3) is 0 Å². The molecule has 2 fully saturated rings. The third-order valence-corrected chi connectivity index (χ3v) is 3.85. The number of ether oxygens (including phenoxy) is 1. The zero-order chi connectivity index (χ0) is 9.97. The minimum absolute atomic E-state index is 0.0970. The van der Waals surface area contributed by atoms with Crippen LogP contribution in [0.4, 0.5) is 0 Å². The summed E-state index contributed by atoms with van der Waals surface area (Å²) in [6.45, 7) is 2.88. The fourth-order valence-corrected chi connectivity index (χ4v) is 2.95. The fourth-order valence-electron chi connectivity index (χ4n) is 2.95. The summed E-state index contributed by atoms with van der Waals surface area (Å²) in [4.78, 5) is 0. The average Bonchev–Trinajstić information content (AvgIpc) is 2.65. The summed E-state index contributed by atoms with van der Waals surface area (Å²) in [5.41, 5.74) is 0. The van der Waals surface area contributed by atoms with Crippen LogP contribution in [-0.4, -0.2) is 23.9 Å². The van der Waals surface area contributed by atoms with Gasteiger partial charge in [-0.25, -0.2) is 0 Å². The van der Waals surface area contributed by atoms with Crippen molar-refractivity contribution in [3.05, 3.63) is 0 Å². The van der Waals surface area contributed by atoms with Crippen molar-refractivity contribution in [2.45, 2.75) is 57.7 Å². The molecule has 1 N–H and O–H groups in total. The maximum absolute atomic E-state index is 10.2. The van der Waals surface area contributed by atoms with E-state index in [2.05, 4.69) is 6.92 Å². The molecule has 0 aromatic rings. The van der Waals surface area contributed by atoms with Gasteiger partial charge in [0.1, 0.15) is 0 Å². The van der Waals surface area contributed by atoms with Crippen LogP contribution >= 0.6 is 0 Å². The molecule has 1 aliphatic carbocycles. The highest BCUT2D eigenvalue weighted by Crippen LogP contribution is 2.33. The molecule has 1 aliphatic heterocycles. The second-order valence-electron chi connectivity index (χ2n) is 5.03. The van der Waals surface area contributed by atoms with Gasteiger partial charge in [-0.15, -0.1) is 0 Å². The largest absolute Gasteiger partial charge is 0.392 e. The van der Waals surface area contributed by atoms with E-state index in [4.69, 9.17) is 4.74 Å². The Morgan fingerprint density at radius 1 is 1.14 bits per heavy atom. The normalized spacial score (nSPS) is 37.3. The van der Waals surface area contributed by atoms with Gasteiger partial charge >= 0.3 is 0 Å². The van der Waals surface area contributed by atoms with E-state index >= 15 is 0 Å². The minimum atomic E-state index is -0.0970. The van der Waals surface area contributed by atoms with E-state index in [1.54, 1.807) is 0 Å². The first-order valence-electron chi connectivity index (χ1n) is 6.07. The highest BCUT2D eigenvalue weighted by atomic mass is 16.5. The summed E-state index contributed by atoms with van der Waals surface area (Å²) in [5, 5.41) is 10.2. The molecule has 1 saturated carbocycles. The van der Waals surface area contributed by atoms with Gasteiger partial charge in [-0.2, -0.15) is 0 Å². The first kappa shape index (κ1) is 10.4. The quantitative estimate of drug-likeness (QED) is 0.738. The van der Waals surface area contributed by atoms with E-state index in [9.17, 15) is 5.11 Å². The van der Waals surface area contributed by atoms with Crippen LogP contribution < -0.4 is 0 Å². The SMILES string of the molecule is CC1CC(C(O)C2CCCCC2)CO1. The lowest BCUT2D eigenvalue weighted by molar-refractivity contribution is 0.0262. The Labute approximate surface area is 86.6 Å². The number of aliphatic hydroxyl groups excluding tert-OH is 1. The summed E-state index contributed by atoms with van der Waals surface area (Å²) in [6, 6.07) is 0. The molecule has 0 radical (unpaired) electrons. The molecule has 2 heteroatoms. The molecule has 0 aromatic heterocycles. The molecule has 0 bridgehead atoms. The van der Waals surface area contributed by atoms with Crippen molar-refractivity contribution in [3.63, 3.8) is 0 Å². The minimum Gasteiger partial charge on any atom is -0.392 e. The lowest BCUT2D eigenvalue weighted by atomic mass is 9.80. The molecule has 82 valence electrons. The van der Waals surface area contributed by atoms with Crippen LogP contribution in [0.5, 0.6) is 0 Å². The maximum Gasteiger partial charge on any atom is 0.0619 e. The number of aliphatic hydroxyl groups is 1. The molecule has 3 unspecified atom stereocenters. The number of hydrogen-bond donors (Lipinski definition) is 1. The average molecular weight is 198 g/mol. The number of rotatable bonds is 2. The molecular formula is C12H22O2. The fraction of sp³-hybridized carbons (Fsp3) is 1.00.